The molecule has 4 aliphatic carbocycles. The molecule has 18 heavy (non-hydrogen) atoms. The Morgan fingerprint density at radius 2 is 1.56 bits per heavy atom. The van der Waals surface area contributed by atoms with E-state index in [9.17, 15) is 0 Å². The lowest BCUT2D eigenvalue weighted by molar-refractivity contribution is -0.198. The van der Waals surface area contributed by atoms with Gasteiger partial charge in [0, 0.05) is 5.33 Å². The molecule has 0 aromatic carbocycles. The van der Waals surface area contributed by atoms with Gasteiger partial charge < -0.3 is 9.47 Å². The fourth-order valence-electron chi connectivity index (χ4n) is 4.83. The van der Waals surface area contributed by atoms with Crippen LogP contribution in [-0.4, -0.2) is 30.8 Å². The molecule has 2 nitrogen and oxygen atoms in total. The lowest BCUT2D eigenvalue weighted by Gasteiger charge is -2.59. The molecule has 4 aliphatic rings. The minimum Gasteiger partial charge on any atom is -0.378 e. The molecule has 0 N–H and O–H groups in total. The van der Waals surface area contributed by atoms with Gasteiger partial charge >= 0.3 is 0 Å². The van der Waals surface area contributed by atoms with Crippen LogP contribution in [0.4, 0.5) is 0 Å². The van der Waals surface area contributed by atoms with Crippen LogP contribution in [0, 0.1) is 23.7 Å². The van der Waals surface area contributed by atoms with Crippen LogP contribution in [0.5, 0.6) is 0 Å². The van der Waals surface area contributed by atoms with Crippen molar-refractivity contribution in [3.05, 3.63) is 0 Å². The highest BCUT2D eigenvalue weighted by atomic mass is 79.9. The van der Waals surface area contributed by atoms with Crippen LogP contribution in [0.15, 0.2) is 0 Å². The van der Waals surface area contributed by atoms with E-state index in [-0.39, 0.29) is 5.60 Å². The molecule has 0 spiro atoms. The topological polar surface area (TPSA) is 18.5 Å². The largest absolute Gasteiger partial charge is 0.378 e. The molecule has 4 bridgehead atoms. The molecule has 4 fully saturated rings. The summed E-state index contributed by atoms with van der Waals surface area (Å²) in [4.78, 5) is 0. The van der Waals surface area contributed by atoms with Gasteiger partial charge in [0.15, 0.2) is 0 Å². The predicted molar refractivity (Wildman–Crippen MR) is 76.0 cm³/mol. The van der Waals surface area contributed by atoms with Crippen molar-refractivity contribution >= 4 is 15.9 Å². The quantitative estimate of drug-likeness (QED) is 0.550. The average Bonchev–Trinajstić information content (AvgIpc) is 2.35. The van der Waals surface area contributed by atoms with Gasteiger partial charge in [-0.25, -0.2) is 0 Å². The molecular weight excluding hydrogens is 292 g/mol. The minimum atomic E-state index is 0.158. The summed E-state index contributed by atoms with van der Waals surface area (Å²) in [7, 11) is 0. The van der Waals surface area contributed by atoms with Crippen LogP contribution in [-0.2, 0) is 9.47 Å². The average molecular weight is 317 g/mol. The normalized spacial score (nSPS) is 45.7. The second-order valence-corrected chi connectivity index (χ2v) is 7.43. The molecule has 0 radical (unpaired) electrons. The zero-order valence-corrected chi connectivity index (χ0v) is 13.0. The van der Waals surface area contributed by atoms with Gasteiger partial charge in [0.1, 0.15) is 0 Å². The highest BCUT2D eigenvalue weighted by Gasteiger charge is 2.55. The molecule has 0 aromatic rings. The fraction of sp³-hybridized carbons (Fsp3) is 1.00. The van der Waals surface area contributed by atoms with Gasteiger partial charge in [0.2, 0.25) is 0 Å². The summed E-state index contributed by atoms with van der Waals surface area (Å²) >= 11 is 3.37. The lowest BCUT2D eigenvalue weighted by Crippen LogP contribution is -2.57. The zero-order chi connectivity index (χ0) is 12.6. The Hall–Kier alpha value is 0.400. The van der Waals surface area contributed by atoms with E-state index in [1.54, 1.807) is 0 Å². The monoisotopic (exact) mass is 316 g/mol. The van der Waals surface area contributed by atoms with Gasteiger partial charge in [-0.05, 0) is 62.7 Å². The number of alkyl halides is 1. The van der Waals surface area contributed by atoms with E-state index in [0.717, 1.165) is 48.8 Å². The zero-order valence-electron chi connectivity index (χ0n) is 11.4. The Morgan fingerprint density at radius 3 is 2.11 bits per heavy atom. The smallest absolute Gasteiger partial charge is 0.0712 e. The number of hydrogen-bond acceptors (Lipinski definition) is 2. The second-order valence-electron chi connectivity index (χ2n) is 6.64. The summed E-state index contributed by atoms with van der Waals surface area (Å²) in [5.41, 5.74) is 0.158. The number of halogens is 1. The van der Waals surface area contributed by atoms with Crippen molar-refractivity contribution in [2.45, 2.75) is 44.6 Å². The molecule has 4 rings (SSSR count). The van der Waals surface area contributed by atoms with Gasteiger partial charge in [0.25, 0.3) is 0 Å². The number of ether oxygens (including phenoxy) is 2. The number of rotatable bonds is 6. The Kier molecular flexibility index (Phi) is 4.03. The maximum absolute atomic E-state index is 6.31. The third-order valence-electron chi connectivity index (χ3n) is 5.62. The van der Waals surface area contributed by atoms with Gasteiger partial charge in [-0.3, -0.25) is 0 Å². The van der Waals surface area contributed by atoms with Crippen LogP contribution in [0.25, 0.3) is 0 Å². The van der Waals surface area contributed by atoms with Crippen LogP contribution >= 0.6 is 15.9 Å². The summed E-state index contributed by atoms with van der Waals surface area (Å²) < 4.78 is 11.8. The molecule has 0 aromatic heterocycles. The van der Waals surface area contributed by atoms with Crippen LogP contribution in [0.1, 0.15) is 39.0 Å². The molecule has 4 saturated carbocycles. The van der Waals surface area contributed by atoms with E-state index in [4.69, 9.17) is 9.47 Å². The summed E-state index contributed by atoms with van der Waals surface area (Å²) in [6.45, 7) is 4.68. The van der Waals surface area contributed by atoms with E-state index in [2.05, 4.69) is 22.9 Å². The third kappa shape index (κ3) is 2.38. The first kappa shape index (κ1) is 13.4. The van der Waals surface area contributed by atoms with Crippen LogP contribution in [0.2, 0.25) is 0 Å². The molecule has 0 heterocycles. The summed E-state index contributed by atoms with van der Waals surface area (Å²) in [5.74, 6) is 3.69. The lowest BCUT2D eigenvalue weighted by atomic mass is 9.50. The molecule has 3 heteroatoms. The fourth-order valence-corrected chi connectivity index (χ4v) is 5.06. The third-order valence-corrected chi connectivity index (χ3v) is 5.95. The van der Waals surface area contributed by atoms with E-state index >= 15 is 0 Å². The van der Waals surface area contributed by atoms with E-state index in [1.165, 1.54) is 32.1 Å². The van der Waals surface area contributed by atoms with E-state index in [0.29, 0.717) is 0 Å². The van der Waals surface area contributed by atoms with Gasteiger partial charge in [-0.2, -0.15) is 0 Å². The Balaban J connectivity index is 1.54. The van der Waals surface area contributed by atoms with Crippen molar-refractivity contribution in [3.63, 3.8) is 0 Å². The molecular formula is C15H25BrO2. The van der Waals surface area contributed by atoms with Crippen LogP contribution in [0.3, 0.4) is 0 Å². The Bertz CT molecular complexity index is 264. The van der Waals surface area contributed by atoms with Crippen LogP contribution < -0.4 is 0 Å². The Morgan fingerprint density at radius 1 is 0.944 bits per heavy atom. The van der Waals surface area contributed by atoms with Gasteiger partial charge in [0.05, 0.1) is 25.4 Å². The minimum absolute atomic E-state index is 0.158. The standard InChI is InChI=1S/C15H25BrO2/c1-15(18-5-4-17-3-2-16)13-7-11-6-12(9-13)10-14(15)8-11/h11-14H,2-10H2,1H3. The van der Waals surface area contributed by atoms with Crippen molar-refractivity contribution in [1.82, 2.24) is 0 Å². The van der Waals surface area contributed by atoms with Gasteiger partial charge in [-0.1, -0.05) is 15.9 Å². The SMILES string of the molecule is CC1(OCCOCCBr)C2CC3CC(C2)CC1C3. The molecule has 104 valence electrons. The van der Waals surface area contributed by atoms with Crippen molar-refractivity contribution in [2.24, 2.45) is 23.7 Å². The molecule has 0 amide bonds. The highest BCUT2D eigenvalue weighted by Crippen LogP contribution is 2.59. The molecule has 0 atom stereocenters. The highest BCUT2D eigenvalue weighted by molar-refractivity contribution is 9.09. The van der Waals surface area contributed by atoms with Crippen molar-refractivity contribution in [1.29, 1.82) is 0 Å². The summed E-state index contributed by atoms with van der Waals surface area (Å²) in [6.07, 6.45) is 7.20. The molecule has 0 saturated heterocycles. The maximum Gasteiger partial charge on any atom is 0.0712 e. The number of hydrogen-bond donors (Lipinski definition) is 0. The first-order valence-corrected chi connectivity index (χ1v) is 8.62. The van der Waals surface area contributed by atoms with Crippen molar-refractivity contribution < 1.29 is 9.47 Å². The summed E-state index contributed by atoms with van der Waals surface area (Å²) in [6, 6.07) is 0. The van der Waals surface area contributed by atoms with E-state index < -0.39 is 0 Å². The Labute approximate surface area is 119 Å². The first-order chi connectivity index (χ1) is 8.72. The summed E-state index contributed by atoms with van der Waals surface area (Å²) in [5, 5.41) is 0.916. The van der Waals surface area contributed by atoms with Crippen molar-refractivity contribution in [2.75, 3.05) is 25.2 Å². The predicted octanol–water partition coefficient (Wildman–Crippen LogP) is 3.63. The van der Waals surface area contributed by atoms with Gasteiger partial charge in [-0.15, -0.1) is 0 Å². The van der Waals surface area contributed by atoms with Crippen molar-refractivity contribution in [3.8, 4) is 0 Å². The molecule has 0 unspecified atom stereocenters. The second kappa shape index (κ2) is 5.41. The maximum atomic E-state index is 6.31. The van der Waals surface area contributed by atoms with E-state index in [1.807, 2.05) is 0 Å². The first-order valence-electron chi connectivity index (χ1n) is 7.50. The molecule has 0 aliphatic heterocycles.